The molecule has 0 aliphatic carbocycles. The third kappa shape index (κ3) is 4.08. The molecule has 1 heterocycles. The molecule has 1 aliphatic rings. The van der Waals surface area contributed by atoms with Gasteiger partial charge < -0.3 is 4.74 Å². The molecule has 2 aromatic rings. The van der Waals surface area contributed by atoms with Crippen LogP contribution in [0.25, 0.3) is 0 Å². The van der Waals surface area contributed by atoms with E-state index in [0.717, 1.165) is 36.5 Å². The normalized spacial score (nSPS) is 15.3. The molecule has 2 nitrogen and oxygen atoms in total. The van der Waals surface area contributed by atoms with Crippen LogP contribution in [0, 0.1) is 0 Å². The van der Waals surface area contributed by atoms with E-state index in [4.69, 9.17) is 4.74 Å². The Morgan fingerprint density at radius 3 is 2.57 bits per heavy atom. The van der Waals surface area contributed by atoms with E-state index in [2.05, 4.69) is 45.1 Å². The number of fused-ring (bicyclic) bond motifs is 1. The maximum absolute atomic E-state index is 5.83. The SMILES string of the molecule is Brc1ccc(OCCN2CCCc3ccccc3C2)cc1. The second-order valence-electron chi connectivity index (χ2n) is 5.45. The van der Waals surface area contributed by atoms with E-state index in [0.29, 0.717) is 0 Å². The first-order valence-corrected chi connectivity index (χ1v) is 8.28. The molecule has 110 valence electrons. The Kier molecular flexibility index (Phi) is 4.94. The van der Waals surface area contributed by atoms with Gasteiger partial charge in [0.2, 0.25) is 0 Å². The lowest BCUT2D eigenvalue weighted by atomic mass is 10.0. The van der Waals surface area contributed by atoms with Crippen molar-refractivity contribution in [3.05, 3.63) is 64.1 Å². The summed E-state index contributed by atoms with van der Waals surface area (Å²) in [6.07, 6.45) is 2.43. The zero-order chi connectivity index (χ0) is 14.5. The van der Waals surface area contributed by atoms with Gasteiger partial charge in [-0.05, 0) is 54.8 Å². The molecule has 0 fully saturated rings. The highest BCUT2D eigenvalue weighted by molar-refractivity contribution is 9.10. The molecule has 0 saturated heterocycles. The fraction of sp³-hybridized carbons (Fsp3) is 0.333. The highest BCUT2D eigenvalue weighted by atomic mass is 79.9. The molecular weight excluding hydrogens is 326 g/mol. The standard InChI is InChI=1S/C18H20BrNO/c19-17-7-9-18(10-8-17)21-13-12-20-11-3-6-15-4-1-2-5-16(15)14-20/h1-2,4-5,7-10H,3,6,11-14H2. The van der Waals surface area contributed by atoms with Gasteiger partial charge in [-0.25, -0.2) is 0 Å². The summed E-state index contributed by atoms with van der Waals surface area (Å²) in [5.74, 6) is 0.938. The molecule has 0 unspecified atom stereocenters. The molecule has 0 saturated carbocycles. The summed E-state index contributed by atoms with van der Waals surface area (Å²) in [7, 11) is 0. The number of hydrogen-bond acceptors (Lipinski definition) is 2. The Morgan fingerprint density at radius 1 is 1.00 bits per heavy atom. The summed E-state index contributed by atoms with van der Waals surface area (Å²) in [6, 6.07) is 16.8. The smallest absolute Gasteiger partial charge is 0.119 e. The van der Waals surface area contributed by atoms with Gasteiger partial charge in [0.05, 0.1) is 0 Å². The van der Waals surface area contributed by atoms with E-state index in [1.807, 2.05) is 24.3 Å². The summed E-state index contributed by atoms with van der Waals surface area (Å²) in [4.78, 5) is 2.49. The summed E-state index contributed by atoms with van der Waals surface area (Å²) < 4.78 is 6.91. The molecule has 0 N–H and O–H groups in total. The maximum Gasteiger partial charge on any atom is 0.119 e. The van der Waals surface area contributed by atoms with E-state index in [-0.39, 0.29) is 0 Å². The van der Waals surface area contributed by atoms with Gasteiger partial charge in [0, 0.05) is 17.6 Å². The van der Waals surface area contributed by atoms with Crippen LogP contribution in [0.3, 0.4) is 0 Å². The number of nitrogens with zero attached hydrogens (tertiary/aromatic N) is 1. The van der Waals surface area contributed by atoms with Crippen molar-refractivity contribution >= 4 is 15.9 Å². The minimum Gasteiger partial charge on any atom is -0.492 e. The zero-order valence-corrected chi connectivity index (χ0v) is 13.7. The van der Waals surface area contributed by atoms with Gasteiger partial charge in [-0.2, -0.15) is 0 Å². The quantitative estimate of drug-likeness (QED) is 0.820. The predicted octanol–water partition coefficient (Wildman–Crippen LogP) is 4.28. The lowest BCUT2D eigenvalue weighted by Crippen LogP contribution is -2.28. The molecule has 0 aromatic heterocycles. The molecule has 0 spiro atoms. The van der Waals surface area contributed by atoms with Gasteiger partial charge in [0.25, 0.3) is 0 Å². The number of halogens is 1. The van der Waals surface area contributed by atoms with E-state index in [9.17, 15) is 0 Å². The van der Waals surface area contributed by atoms with Crippen LogP contribution in [0.4, 0.5) is 0 Å². The summed E-state index contributed by atoms with van der Waals surface area (Å²) in [6.45, 7) is 3.91. The summed E-state index contributed by atoms with van der Waals surface area (Å²) in [5.41, 5.74) is 2.98. The average Bonchev–Trinajstić information content (AvgIpc) is 2.71. The first-order valence-electron chi connectivity index (χ1n) is 7.49. The number of benzene rings is 2. The first-order chi connectivity index (χ1) is 10.3. The first kappa shape index (κ1) is 14.6. The topological polar surface area (TPSA) is 12.5 Å². The van der Waals surface area contributed by atoms with Crippen LogP contribution < -0.4 is 4.74 Å². The second-order valence-corrected chi connectivity index (χ2v) is 6.37. The predicted molar refractivity (Wildman–Crippen MR) is 89.7 cm³/mol. The Morgan fingerprint density at radius 2 is 1.76 bits per heavy atom. The average molecular weight is 346 g/mol. The van der Waals surface area contributed by atoms with Crippen molar-refractivity contribution in [3.63, 3.8) is 0 Å². The monoisotopic (exact) mass is 345 g/mol. The fourth-order valence-electron chi connectivity index (χ4n) is 2.78. The maximum atomic E-state index is 5.83. The van der Waals surface area contributed by atoms with Crippen molar-refractivity contribution in [2.75, 3.05) is 19.7 Å². The summed E-state index contributed by atoms with van der Waals surface area (Å²) >= 11 is 3.44. The van der Waals surface area contributed by atoms with Crippen molar-refractivity contribution in [3.8, 4) is 5.75 Å². The molecular formula is C18H20BrNO. The number of aryl methyl sites for hydroxylation is 1. The molecule has 3 heteroatoms. The highest BCUT2D eigenvalue weighted by Gasteiger charge is 2.13. The van der Waals surface area contributed by atoms with E-state index < -0.39 is 0 Å². The largest absolute Gasteiger partial charge is 0.492 e. The lowest BCUT2D eigenvalue weighted by molar-refractivity contribution is 0.205. The molecule has 2 aromatic carbocycles. The van der Waals surface area contributed by atoms with E-state index >= 15 is 0 Å². The van der Waals surface area contributed by atoms with Gasteiger partial charge in [-0.15, -0.1) is 0 Å². The second kappa shape index (κ2) is 7.10. The Bertz CT molecular complexity index is 582. The molecule has 1 aliphatic heterocycles. The molecule has 0 radical (unpaired) electrons. The third-order valence-corrected chi connectivity index (χ3v) is 4.45. The number of hydrogen-bond donors (Lipinski definition) is 0. The van der Waals surface area contributed by atoms with Gasteiger partial charge >= 0.3 is 0 Å². The zero-order valence-electron chi connectivity index (χ0n) is 12.1. The molecule has 21 heavy (non-hydrogen) atoms. The Labute approximate surface area is 134 Å². The fourth-order valence-corrected chi connectivity index (χ4v) is 3.05. The van der Waals surface area contributed by atoms with Gasteiger partial charge in [0.1, 0.15) is 12.4 Å². The minimum absolute atomic E-state index is 0.740. The molecule has 3 rings (SSSR count). The highest BCUT2D eigenvalue weighted by Crippen LogP contribution is 2.19. The van der Waals surface area contributed by atoms with Crippen molar-refractivity contribution in [2.45, 2.75) is 19.4 Å². The van der Waals surface area contributed by atoms with Crippen LogP contribution in [0.5, 0.6) is 5.75 Å². The molecule has 0 bridgehead atoms. The molecule has 0 amide bonds. The lowest BCUT2D eigenvalue weighted by Gasteiger charge is -2.20. The number of ether oxygens (including phenoxy) is 1. The van der Waals surface area contributed by atoms with E-state index in [1.54, 1.807) is 0 Å². The van der Waals surface area contributed by atoms with Gasteiger partial charge in [0.15, 0.2) is 0 Å². The van der Waals surface area contributed by atoms with Crippen LogP contribution in [0.2, 0.25) is 0 Å². The van der Waals surface area contributed by atoms with Gasteiger partial charge in [-0.1, -0.05) is 40.2 Å². The van der Waals surface area contributed by atoms with Crippen molar-refractivity contribution < 1.29 is 4.74 Å². The number of rotatable bonds is 4. The van der Waals surface area contributed by atoms with Crippen LogP contribution >= 0.6 is 15.9 Å². The van der Waals surface area contributed by atoms with Crippen molar-refractivity contribution in [1.29, 1.82) is 0 Å². The van der Waals surface area contributed by atoms with Crippen LogP contribution in [0.1, 0.15) is 17.5 Å². The summed E-state index contributed by atoms with van der Waals surface area (Å²) in [5, 5.41) is 0. The Hall–Kier alpha value is -1.32. The Balaban J connectivity index is 1.53. The van der Waals surface area contributed by atoms with E-state index in [1.165, 1.54) is 24.0 Å². The van der Waals surface area contributed by atoms with Crippen molar-refractivity contribution in [2.24, 2.45) is 0 Å². The van der Waals surface area contributed by atoms with Crippen molar-refractivity contribution in [1.82, 2.24) is 4.90 Å². The molecule has 0 atom stereocenters. The van der Waals surface area contributed by atoms with Crippen LogP contribution in [-0.2, 0) is 13.0 Å². The third-order valence-electron chi connectivity index (χ3n) is 3.92. The van der Waals surface area contributed by atoms with Crippen LogP contribution in [-0.4, -0.2) is 24.6 Å². The minimum atomic E-state index is 0.740. The van der Waals surface area contributed by atoms with Crippen LogP contribution in [0.15, 0.2) is 53.0 Å². The van der Waals surface area contributed by atoms with Gasteiger partial charge in [-0.3, -0.25) is 4.90 Å².